The van der Waals surface area contributed by atoms with Gasteiger partial charge >= 0.3 is 0 Å². The molecule has 3 atom stereocenters. The normalized spacial score (nSPS) is 15.2. The molecule has 0 bridgehead atoms. The highest BCUT2D eigenvalue weighted by atomic mass is 31.2. The molecule has 0 saturated carbocycles. The zero-order chi connectivity index (χ0) is 33.5. The summed E-state index contributed by atoms with van der Waals surface area (Å²) in [5.74, 6) is -1.63. The predicted octanol–water partition coefficient (Wildman–Crippen LogP) is 7.04. The van der Waals surface area contributed by atoms with Crippen molar-refractivity contribution in [3.63, 3.8) is 0 Å². The van der Waals surface area contributed by atoms with Crippen molar-refractivity contribution in [2.24, 2.45) is 0 Å². The van der Waals surface area contributed by atoms with Crippen LogP contribution in [0.1, 0.15) is 156 Å². The van der Waals surface area contributed by atoms with E-state index < -0.39 is 43.8 Å². The Morgan fingerprint density at radius 3 is 1.41 bits per heavy atom. The smallest absolute Gasteiger partial charge is 0.269 e. The van der Waals surface area contributed by atoms with Gasteiger partial charge in [-0.2, -0.15) is 0 Å². The van der Waals surface area contributed by atoms with Crippen LogP contribution in [0.5, 0.6) is 0 Å². The molecule has 0 spiro atoms. The number of phosphoric acid groups is 1. The summed E-state index contributed by atoms with van der Waals surface area (Å²) in [5.41, 5.74) is -2.72. The zero-order valence-electron chi connectivity index (χ0n) is 29.2. The Balaban J connectivity index is 5.62. The summed E-state index contributed by atoms with van der Waals surface area (Å²) in [7, 11) is 0.437. The van der Waals surface area contributed by atoms with E-state index in [1.54, 1.807) is 6.92 Å². The minimum Gasteiger partial charge on any atom is -0.756 e. The molecule has 0 aromatic carbocycles. The van der Waals surface area contributed by atoms with E-state index in [0.717, 1.165) is 51.4 Å². The van der Waals surface area contributed by atoms with Crippen LogP contribution in [0.25, 0.3) is 0 Å². The summed E-state index contributed by atoms with van der Waals surface area (Å²) in [6.07, 6.45) is 15.6. The van der Waals surface area contributed by atoms with Crippen LogP contribution in [0.15, 0.2) is 0 Å². The molecule has 0 aliphatic carbocycles. The van der Waals surface area contributed by atoms with Crippen LogP contribution in [0.3, 0.4) is 0 Å². The fraction of sp³-hybridized carbons (Fsp3) is 0.941. The van der Waals surface area contributed by atoms with Crippen molar-refractivity contribution in [1.29, 1.82) is 0 Å². The van der Waals surface area contributed by atoms with E-state index >= 15 is 0 Å². The number of nitrogens with zero attached hydrogens (tertiary/aromatic N) is 1. The van der Waals surface area contributed by atoms with Crippen LogP contribution in [-0.4, -0.2) is 78.4 Å². The second-order valence-electron chi connectivity index (χ2n) is 13.6. The van der Waals surface area contributed by atoms with Gasteiger partial charge in [-0.05, 0) is 19.3 Å². The number of ketones is 2. The molecule has 2 unspecified atom stereocenters. The van der Waals surface area contributed by atoms with Gasteiger partial charge in [0.25, 0.3) is 7.82 Å². The number of aliphatic hydroxyl groups excluding tert-OH is 2. The van der Waals surface area contributed by atoms with Gasteiger partial charge in [-0.15, -0.1) is 0 Å². The lowest BCUT2D eigenvalue weighted by molar-refractivity contribution is -0.873. The molecular formula is C34H68NO8P. The molecule has 44 heavy (non-hydrogen) atoms. The third kappa shape index (κ3) is 19.1. The fourth-order valence-electron chi connectivity index (χ4n) is 5.61. The Morgan fingerprint density at radius 2 is 1.09 bits per heavy atom. The number of carbonyl (C=O) groups excluding carboxylic acids is 2. The maximum absolute atomic E-state index is 13.7. The highest BCUT2D eigenvalue weighted by Gasteiger charge is 2.54. The fourth-order valence-corrected chi connectivity index (χ4v) is 6.91. The molecule has 9 nitrogen and oxygen atoms in total. The molecular weight excluding hydrogens is 581 g/mol. The molecule has 0 saturated heterocycles. The largest absolute Gasteiger partial charge is 0.756 e. The van der Waals surface area contributed by atoms with Gasteiger partial charge in [0.05, 0.1) is 27.7 Å². The van der Waals surface area contributed by atoms with Crippen LogP contribution in [-0.2, 0) is 23.2 Å². The summed E-state index contributed by atoms with van der Waals surface area (Å²) in [5, 5.41) is 20.8. The Kier molecular flexibility index (Phi) is 24.1. The Labute approximate surface area is 269 Å². The Morgan fingerprint density at radius 1 is 0.727 bits per heavy atom. The molecule has 0 aliphatic heterocycles. The summed E-state index contributed by atoms with van der Waals surface area (Å²) in [4.78, 5) is 40.7. The van der Waals surface area contributed by atoms with Crippen molar-refractivity contribution in [1.82, 2.24) is 0 Å². The quantitative estimate of drug-likeness (QED) is 0.0354. The maximum Gasteiger partial charge on any atom is 0.269 e. The first-order chi connectivity index (χ1) is 20.8. The van der Waals surface area contributed by atoms with Gasteiger partial charge in [-0.3, -0.25) is 18.7 Å². The van der Waals surface area contributed by atoms with Crippen molar-refractivity contribution in [3.05, 3.63) is 0 Å². The summed E-state index contributed by atoms with van der Waals surface area (Å²) >= 11 is 0. The minimum absolute atomic E-state index is 0.132. The summed E-state index contributed by atoms with van der Waals surface area (Å²) < 4.78 is 24.4. The molecule has 0 aliphatic rings. The van der Waals surface area contributed by atoms with E-state index in [0.29, 0.717) is 30.3 Å². The van der Waals surface area contributed by atoms with Gasteiger partial charge in [-0.1, -0.05) is 124 Å². The van der Waals surface area contributed by atoms with Gasteiger partial charge in [0.2, 0.25) is 5.60 Å². The number of unbranched alkanes of at least 4 members (excludes halogenated alkanes) is 16. The molecule has 0 rings (SSSR count). The van der Waals surface area contributed by atoms with Gasteiger partial charge in [-0.25, -0.2) is 0 Å². The predicted molar refractivity (Wildman–Crippen MR) is 176 cm³/mol. The van der Waals surface area contributed by atoms with Crippen molar-refractivity contribution in [3.8, 4) is 0 Å². The Hall–Kier alpha value is -0.670. The third-order valence-corrected chi connectivity index (χ3v) is 9.29. The SMILES string of the molecule is CCCCCCCCCCCC(=O)C(OP(=O)([O-])OC(CC)C[N+](C)(C)C)(C(=O)CCCCCCCCCCC)[C@@H](O)CO. The molecule has 10 heteroatoms. The van der Waals surface area contributed by atoms with E-state index in [1.165, 1.54) is 51.4 Å². The van der Waals surface area contributed by atoms with Crippen LogP contribution in [0.2, 0.25) is 0 Å². The van der Waals surface area contributed by atoms with Crippen LogP contribution in [0, 0.1) is 0 Å². The van der Waals surface area contributed by atoms with Gasteiger partial charge in [0.1, 0.15) is 18.8 Å². The van der Waals surface area contributed by atoms with Crippen molar-refractivity contribution < 1.29 is 42.8 Å². The molecule has 262 valence electrons. The molecule has 2 N–H and O–H groups in total. The highest BCUT2D eigenvalue weighted by Crippen LogP contribution is 2.47. The van der Waals surface area contributed by atoms with Gasteiger partial charge in [0, 0.05) is 12.8 Å². The molecule has 0 aromatic heterocycles. The number of phosphoric ester groups is 1. The first-order valence-corrected chi connectivity index (χ1v) is 19.1. The number of likely N-dealkylation sites (N-methyl/N-ethyl adjacent to an activating group) is 1. The standard InChI is InChI=1S/C34H68NO8P/c1-7-10-12-14-16-18-20-22-24-26-31(37)34(33(39)29-36,32(38)27-25-23-21-19-17-15-13-11-8-2)43-44(40,41)42-30(9-3)28-35(4,5)6/h30,33,36,39H,7-29H2,1-6H3/t30?,33-/m0/s1. The number of hydrogen-bond donors (Lipinski definition) is 2. The van der Waals surface area contributed by atoms with E-state index in [-0.39, 0.29) is 12.8 Å². The zero-order valence-corrected chi connectivity index (χ0v) is 30.1. The first kappa shape index (κ1) is 43.3. The first-order valence-electron chi connectivity index (χ1n) is 17.7. The second kappa shape index (κ2) is 24.5. The number of quaternary nitrogens is 1. The Bertz CT molecular complexity index is 767. The van der Waals surface area contributed by atoms with Crippen molar-refractivity contribution in [2.75, 3.05) is 34.3 Å². The summed E-state index contributed by atoms with van der Waals surface area (Å²) in [6, 6.07) is 0. The number of carbonyl (C=O) groups is 2. The monoisotopic (exact) mass is 649 g/mol. The van der Waals surface area contributed by atoms with Crippen LogP contribution >= 0.6 is 7.82 Å². The van der Waals surface area contributed by atoms with E-state index in [2.05, 4.69) is 13.8 Å². The van der Waals surface area contributed by atoms with Crippen LogP contribution in [0.4, 0.5) is 0 Å². The molecule has 0 amide bonds. The average molecular weight is 650 g/mol. The molecule has 0 fully saturated rings. The number of rotatable bonds is 31. The lowest BCUT2D eigenvalue weighted by atomic mass is 9.82. The average Bonchev–Trinajstić information content (AvgIpc) is 2.96. The lowest BCUT2D eigenvalue weighted by Crippen LogP contribution is -2.59. The van der Waals surface area contributed by atoms with E-state index in [9.17, 15) is 29.3 Å². The minimum atomic E-state index is -5.25. The van der Waals surface area contributed by atoms with E-state index in [1.807, 2.05) is 21.1 Å². The summed E-state index contributed by atoms with van der Waals surface area (Å²) in [6.45, 7) is 5.49. The van der Waals surface area contributed by atoms with Crippen LogP contribution < -0.4 is 4.89 Å². The third-order valence-electron chi connectivity index (χ3n) is 8.23. The van der Waals surface area contributed by atoms with E-state index in [4.69, 9.17) is 9.05 Å². The second-order valence-corrected chi connectivity index (χ2v) is 14.9. The molecule has 0 aromatic rings. The number of hydrogen-bond acceptors (Lipinski definition) is 8. The molecule has 0 radical (unpaired) electrons. The lowest BCUT2D eigenvalue weighted by Gasteiger charge is -2.40. The maximum atomic E-state index is 13.7. The topological polar surface area (TPSA) is 133 Å². The number of aliphatic hydroxyl groups is 2. The number of Topliss-reactive ketones (excluding diaryl/α,β-unsaturated/α-hetero) is 2. The highest BCUT2D eigenvalue weighted by molar-refractivity contribution is 7.46. The van der Waals surface area contributed by atoms with Gasteiger partial charge < -0.3 is 24.1 Å². The van der Waals surface area contributed by atoms with Gasteiger partial charge in [0.15, 0.2) is 11.6 Å². The molecule has 0 heterocycles. The van der Waals surface area contributed by atoms with Crippen molar-refractivity contribution >= 4 is 19.4 Å². The van der Waals surface area contributed by atoms with Crippen molar-refractivity contribution in [2.45, 2.75) is 173 Å².